The van der Waals surface area contributed by atoms with Gasteiger partial charge in [0.05, 0.1) is 0 Å². The van der Waals surface area contributed by atoms with Gasteiger partial charge < -0.3 is 0 Å². The summed E-state index contributed by atoms with van der Waals surface area (Å²) in [6.07, 6.45) is 5.82. The molecule has 0 aliphatic rings. The van der Waals surface area contributed by atoms with Crippen LogP contribution in [0, 0.1) is 0 Å². The minimum atomic E-state index is 0.0459. The van der Waals surface area contributed by atoms with Crippen molar-refractivity contribution < 1.29 is 4.79 Å². The summed E-state index contributed by atoms with van der Waals surface area (Å²) in [6.45, 7) is 8.85. The van der Waals surface area contributed by atoms with Crippen LogP contribution < -0.4 is 0 Å². The maximum atomic E-state index is 12.1. The van der Waals surface area contributed by atoms with Gasteiger partial charge in [0.25, 0.3) is 0 Å². The molecule has 0 aliphatic heterocycles. The van der Waals surface area contributed by atoms with Crippen LogP contribution in [0.1, 0.15) is 79.4 Å². The van der Waals surface area contributed by atoms with Gasteiger partial charge in [-0.2, -0.15) is 0 Å². The first-order valence-corrected chi connectivity index (χ1v) is 11.0. The summed E-state index contributed by atoms with van der Waals surface area (Å²) in [5.41, 5.74) is 4.52. The second kappa shape index (κ2) is 12.6. The average Bonchev–Trinajstić information content (AvgIpc) is 2.83. The zero-order valence-corrected chi connectivity index (χ0v) is 18.7. The molecule has 0 N–H and O–H groups in total. The molecule has 1 heteroatoms. The Hall–Kier alpha value is -2.93. The largest absolute Gasteiger partial charge is 0.289 e. The van der Waals surface area contributed by atoms with E-state index < -0.39 is 0 Å². The van der Waals surface area contributed by atoms with Crippen LogP contribution in [0.4, 0.5) is 0 Å². The maximum Gasteiger partial charge on any atom is 0.185 e. The van der Waals surface area contributed by atoms with Crippen molar-refractivity contribution >= 4 is 11.9 Å². The van der Waals surface area contributed by atoms with Crippen molar-refractivity contribution in [1.29, 1.82) is 0 Å². The summed E-state index contributed by atoms with van der Waals surface area (Å²) >= 11 is 0. The summed E-state index contributed by atoms with van der Waals surface area (Å²) in [7, 11) is 0. The van der Waals surface area contributed by atoms with Crippen LogP contribution in [0.15, 0.2) is 91.0 Å². The highest BCUT2D eigenvalue weighted by Gasteiger charge is 2.05. The Morgan fingerprint density at radius 3 is 1.67 bits per heavy atom. The topological polar surface area (TPSA) is 17.1 Å². The second-order valence-corrected chi connectivity index (χ2v) is 7.76. The fourth-order valence-corrected chi connectivity index (χ4v) is 3.06. The standard InChI is InChI=1S/C19H20O.C10H14/c1-3-15(2)17-10-12-18(13-11-17)19(20)14-9-16-7-5-4-6-8-16;1-3-9(2)10-7-5-4-6-8-10/h4-15H,3H2,1-2H3;4-9H,3H2,1-2H3. The first kappa shape index (κ1) is 23.3. The van der Waals surface area contributed by atoms with E-state index in [2.05, 4.69) is 70.2 Å². The Balaban J connectivity index is 0.000000269. The summed E-state index contributed by atoms with van der Waals surface area (Å²) in [4.78, 5) is 12.1. The smallest absolute Gasteiger partial charge is 0.185 e. The average molecular weight is 399 g/mol. The fourth-order valence-electron chi connectivity index (χ4n) is 3.06. The van der Waals surface area contributed by atoms with Crippen molar-refractivity contribution in [2.24, 2.45) is 0 Å². The van der Waals surface area contributed by atoms with Gasteiger partial charge in [-0.05, 0) is 47.4 Å². The quantitative estimate of drug-likeness (QED) is 0.289. The van der Waals surface area contributed by atoms with E-state index >= 15 is 0 Å². The molecule has 156 valence electrons. The third-order valence-corrected chi connectivity index (χ3v) is 5.58. The Bertz CT molecular complexity index is 892. The first-order valence-electron chi connectivity index (χ1n) is 11.0. The zero-order valence-electron chi connectivity index (χ0n) is 18.7. The van der Waals surface area contributed by atoms with Crippen LogP contribution in [0.2, 0.25) is 0 Å². The summed E-state index contributed by atoms with van der Waals surface area (Å²) < 4.78 is 0. The van der Waals surface area contributed by atoms with Crippen LogP contribution in [0.5, 0.6) is 0 Å². The van der Waals surface area contributed by atoms with Gasteiger partial charge in [0, 0.05) is 5.56 Å². The number of hydrogen-bond donors (Lipinski definition) is 0. The number of benzene rings is 3. The molecule has 0 saturated heterocycles. The monoisotopic (exact) mass is 398 g/mol. The predicted octanol–water partition coefficient (Wildman–Crippen LogP) is 8.30. The van der Waals surface area contributed by atoms with Gasteiger partial charge in [0.15, 0.2) is 5.78 Å². The van der Waals surface area contributed by atoms with Gasteiger partial charge in [-0.3, -0.25) is 4.79 Å². The molecule has 2 unspecified atom stereocenters. The molecule has 0 aromatic heterocycles. The molecular formula is C29H34O. The van der Waals surface area contributed by atoms with Gasteiger partial charge in [-0.25, -0.2) is 0 Å². The molecule has 0 fully saturated rings. The molecule has 0 saturated carbocycles. The molecule has 3 aromatic rings. The lowest BCUT2D eigenvalue weighted by atomic mass is 9.97. The SMILES string of the molecule is CCC(C)c1ccc(C(=O)C=Cc2ccccc2)cc1.CCC(C)c1ccccc1. The molecule has 3 aromatic carbocycles. The van der Waals surface area contributed by atoms with Gasteiger partial charge >= 0.3 is 0 Å². The third-order valence-electron chi connectivity index (χ3n) is 5.58. The number of rotatable bonds is 7. The lowest BCUT2D eigenvalue weighted by molar-refractivity contribution is 0.104. The van der Waals surface area contributed by atoms with Gasteiger partial charge in [0.1, 0.15) is 0 Å². The lowest BCUT2D eigenvalue weighted by Crippen LogP contribution is -1.96. The maximum absolute atomic E-state index is 12.1. The first-order chi connectivity index (χ1) is 14.5. The van der Waals surface area contributed by atoms with Gasteiger partial charge in [-0.15, -0.1) is 0 Å². The molecule has 30 heavy (non-hydrogen) atoms. The molecule has 0 aliphatic carbocycles. The zero-order chi connectivity index (χ0) is 21.8. The van der Waals surface area contributed by atoms with E-state index in [-0.39, 0.29) is 5.78 Å². The number of allylic oxidation sites excluding steroid dienone is 1. The van der Waals surface area contributed by atoms with E-state index in [1.165, 1.54) is 17.5 Å². The van der Waals surface area contributed by atoms with E-state index in [9.17, 15) is 4.79 Å². The highest BCUT2D eigenvalue weighted by atomic mass is 16.1. The normalized spacial score (nSPS) is 12.7. The molecule has 0 amide bonds. The highest BCUT2D eigenvalue weighted by Crippen LogP contribution is 2.19. The Kier molecular flexibility index (Phi) is 9.80. The van der Waals surface area contributed by atoms with Crippen molar-refractivity contribution in [3.8, 4) is 0 Å². The number of ketones is 1. The molecular weight excluding hydrogens is 364 g/mol. The van der Waals surface area contributed by atoms with Crippen LogP contribution in [-0.2, 0) is 0 Å². The number of hydrogen-bond acceptors (Lipinski definition) is 1. The van der Waals surface area contributed by atoms with Gasteiger partial charge in [-0.1, -0.05) is 119 Å². The molecule has 3 rings (SSSR count). The summed E-state index contributed by atoms with van der Waals surface area (Å²) in [5, 5.41) is 0. The molecule has 2 atom stereocenters. The molecule has 0 spiro atoms. The third kappa shape index (κ3) is 7.48. The Morgan fingerprint density at radius 1 is 0.700 bits per heavy atom. The van der Waals surface area contributed by atoms with Crippen LogP contribution in [0.3, 0.4) is 0 Å². The minimum absolute atomic E-state index is 0.0459. The van der Waals surface area contributed by atoms with E-state index in [1.807, 2.05) is 48.5 Å². The van der Waals surface area contributed by atoms with Crippen LogP contribution in [0.25, 0.3) is 6.08 Å². The lowest BCUT2D eigenvalue weighted by Gasteiger charge is -2.08. The molecule has 0 bridgehead atoms. The summed E-state index contributed by atoms with van der Waals surface area (Å²) in [5.74, 6) is 1.30. The van der Waals surface area contributed by atoms with Crippen molar-refractivity contribution in [2.45, 2.75) is 52.4 Å². The minimum Gasteiger partial charge on any atom is -0.289 e. The number of carbonyl (C=O) groups is 1. The van der Waals surface area contributed by atoms with E-state index in [0.717, 1.165) is 17.5 Å². The van der Waals surface area contributed by atoms with Crippen molar-refractivity contribution in [2.75, 3.05) is 0 Å². The fraction of sp³-hybridized carbons (Fsp3) is 0.276. The van der Waals surface area contributed by atoms with E-state index in [4.69, 9.17) is 0 Å². The molecule has 0 radical (unpaired) electrons. The predicted molar refractivity (Wildman–Crippen MR) is 130 cm³/mol. The number of carbonyl (C=O) groups excluding carboxylic acids is 1. The van der Waals surface area contributed by atoms with Crippen molar-refractivity contribution in [1.82, 2.24) is 0 Å². The van der Waals surface area contributed by atoms with Crippen molar-refractivity contribution in [3.63, 3.8) is 0 Å². The van der Waals surface area contributed by atoms with Crippen molar-refractivity contribution in [3.05, 3.63) is 113 Å². The molecule has 1 nitrogen and oxygen atoms in total. The second-order valence-electron chi connectivity index (χ2n) is 7.76. The van der Waals surface area contributed by atoms with E-state index in [0.29, 0.717) is 11.8 Å². The van der Waals surface area contributed by atoms with Gasteiger partial charge in [0.2, 0.25) is 0 Å². The highest BCUT2D eigenvalue weighted by molar-refractivity contribution is 6.06. The van der Waals surface area contributed by atoms with E-state index in [1.54, 1.807) is 6.08 Å². The Morgan fingerprint density at radius 2 is 1.17 bits per heavy atom. The summed E-state index contributed by atoms with van der Waals surface area (Å²) in [6, 6.07) is 28.4. The van der Waals surface area contributed by atoms with Crippen LogP contribution >= 0.6 is 0 Å². The Labute approximate surface area is 182 Å². The van der Waals surface area contributed by atoms with Crippen LogP contribution in [-0.4, -0.2) is 5.78 Å². The molecule has 0 heterocycles.